The lowest BCUT2D eigenvalue weighted by atomic mass is 10.5. The molecule has 0 bridgehead atoms. The van der Waals surface area contributed by atoms with E-state index in [1.54, 1.807) is 0 Å². The molecule has 8 heteroatoms. The Morgan fingerprint density at radius 3 is 1.10 bits per heavy atom. The Morgan fingerprint density at radius 1 is 0.700 bits per heavy atom. The molecule has 1 unspecified atom stereocenters. The molecule has 0 saturated heterocycles. The molecule has 1 radical (unpaired) electrons. The highest BCUT2D eigenvalue weighted by molar-refractivity contribution is 6.90. The van der Waals surface area contributed by atoms with Gasteiger partial charge >= 0.3 is 8.80 Å². The molecule has 1 atom stereocenters. The minimum Gasteiger partial charge on any atom is -0.415 e. The molecule has 0 spiro atoms. The molecule has 0 fully saturated rings. The summed E-state index contributed by atoms with van der Waals surface area (Å²) >= 11 is 0. The highest BCUT2D eigenvalue weighted by Crippen LogP contribution is 2.29. The van der Waals surface area contributed by atoms with Crippen LogP contribution in [0.4, 0.5) is 0 Å². The van der Waals surface area contributed by atoms with Crippen molar-refractivity contribution in [3.05, 3.63) is 0 Å². The average molecular weight is 354 g/mol. The molecule has 4 nitrogen and oxygen atoms in total. The molecule has 20 heavy (non-hydrogen) atoms. The van der Waals surface area contributed by atoms with Gasteiger partial charge in [-0.2, -0.15) is 0 Å². The first-order valence-electron chi connectivity index (χ1n) is 7.36. The van der Waals surface area contributed by atoms with Crippen LogP contribution in [0.25, 0.3) is 0 Å². The molecule has 0 rings (SSSR count). The Labute approximate surface area is 129 Å². The van der Waals surface area contributed by atoms with E-state index < -0.39 is 39.5 Å². The van der Waals surface area contributed by atoms with Crippen molar-refractivity contribution in [1.29, 1.82) is 0 Å². The predicted molar refractivity (Wildman–Crippen MR) is 93.8 cm³/mol. The van der Waals surface area contributed by atoms with Crippen molar-refractivity contribution in [2.24, 2.45) is 0 Å². The highest BCUT2D eigenvalue weighted by atomic mass is 28.5. The van der Waals surface area contributed by atoms with Crippen LogP contribution in [0.15, 0.2) is 0 Å². The summed E-state index contributed by atoms with van der Waals surface area (Å²) in [7, 11) is -8.92. The zero-order valence-corrected chi connectivity index (χ0v) is 18.9. The summed E-state index contributed by atoms with van der Waals surface area (Å²) in [5, 5.41) is 12.7. The maximum absolute atomic E-state index is 12.7. The van der Waals surface area contributed by atoms with E-state index in [1.807, 2.05) is 6.92 Å². The van der Waals surface area contributed by atoms with E-state index in [4.69, 9.17) is 12.3 Å². The van der Waals surface area contributed by atoms with E-state index in [2.05, 4.69) is 58.9 Å². The van der Waals surface area contributed by atoms with Gasteiger partial charge in [0.15, 0.2) is 30.7 Å². The van der Waals surface area contributed by atoms with E-state index in [0.717, 1.165) is 0 Å². The molecule has 0 N–H and O–H groups in total. The van der Waals surface area contributed by atoms with Crippen LogP contribution in [0.3, 0.4) is 0 Å². The smallest absolute Gasteiger partial charge is 0.415 e. The lowest BCUT2D eigenvalue weighted by Crippen LogP contribution is -2.66. The summed E-state index contributed by atoms with van der Waals surface area (Å²) < 4.78 is 19.0. The molecule has 0 aromatic carbocycles. The van der Waals surface area contributed by atoms with E-state index in [-0.39, 0.29) is 0 Å². The number of hydrogen-bond donors (Lipinski definition) is 0. The van der Waals surface area contributed by atoms with E-state index in [1.165, 1.54) is 0 Å². The molecule has 0 heterocycles. The van der Waals surface area contributed by atoms with Crippen molar-refractivity contribution in [3.8, 4) is 0 Å². The van der Waals surface area contributed by atoms with Crippen molar-refractivity contribution in [2.45, 2.75) is 78.0 Å². The van der Waals surface area contributed by atoms with Gasteiger partial charge in [0.05, 0.1) is 0 Å². The first kappa shape index (κ1) is 20.7. The summed E-state index contributed by atoms with van der Waals surface area (Å²) in [6.07, 6.45) is 0.492. The van der Waals surface area contributed by atoms with Gasteiger partial charge in [-0.3, -0.25) is 0 Å². The van der Waals surface area contributed by atoms with Crippen LogP contribution < -0.4 is 0 Å². The fourth-order valence-electron chi connectivity index (χ4n) is 1.79. The van der Waals surface area contributed by atoms with Crippen LogP contribution in [0.5, 0.6) is 0 Å². The summed E-state index contributed by atoms with van der Waals surface area (Å²) in [5.74, 6) is 0. The number of rotatable bonds is 8. The van der Waals surface area contributed by atoms with Crippen molar-refractivity contribution >= 4 is 33.8 Å². The van der Waals surface area contributed by atoms with Gasteiger partial charge < -0.3 is 12.3 Å². The Kier molecular flexibility index (Phi) is 7.10. The maximum atomic E-state index is 12.7. The molecule has 0 aliphatic rings. The molecule has 0 aliphatic heterocycles. The summed E-state index contributed by atoms with van der Waals surface area (Å²) in [4.78, 5) is 0. The van der Waals surface area contributed by atoms with Crippen molar-refractivity contribution in [3.63, 3.8) is 0 Å². The first-order valence-corrected chi connectivity index (χ1v) is 19.4. The summed E-state index contributed by atoms with van der Waals surface area (Å²) in [5.41, 5.74) is -0.882. The first-order chi connectivity index (χ1) is 8.60. The second kappa shape index (κ2) is 6.86. The van der Waals surface area contributed by atoms with Gasteiger partial charge in [0.25, 0.3) is 0 Å². The van der Waals surface area contributed by atoms with Gasteiger partial charge in [0.1, 0.15) is 0 Å². The second-order valence-electron chi connectivity index (χ2n) is 8.14. The van der Waals surface area contributed by atoms with Gasteiger partial charge in [-0.05, 0) is 65.3 Å². The summed E-state index contributed by atoms with van der Waals surface area (Å²) in [6, 6.07) is 0. The van der Waals surface area contributed by atoms with Gasteiger partial charge in [0, 0.05) is 0 Å². The van der Waals surface area contributed by atoms with Gasteiger partial charge in [0.2, 0.25) is 0 Å². The molecule has 0 saturated carbocycles. The molecular weight excluding hydrogens is 320 g/mol. The Morgan fingerprint density at radius 2 is 0.950 bits per heavy atom. The Bertz CT molecular complexity index is 263. The minimum absolute atomic E-state index is 0.492. The van der Waals surface area contributed by atoms with E-state index in [9.17, 15) is 5.11 Å². The average Bonchev–Trinajstić information content (AvgIpc) is 2.07. The van der Waals surface area contributed by atoms with Crippen LogP contribution in [-0.4, -0.2) is 39.5 Å². The molecule has 0 aliphatic carbocycles. The molecular formula is C12H33O4Si4. The zero-order valence-electron chi connectivity index (χ0n) is 14.9. The topological polar surface area (TPSA) is 47.6 Å². The van der Waals surface area contributed by atoms with Gasteiger partial charge in [-0.25, -0.2) is 5.11 Å². The minimum atomic E-state index is -3.18. The number of hydrogen-bond acceptors (Lipinski definition) is 3. The molecule has 0 aromatic rings. The Balaban J connectivity index is 5.63. The van der Waals surface area contributed by atoms with E-state index >= 15 is 0 Å². The fraction of sp³-hybridized carbons (Fsp3) is 1.00. The van der Waals surface area contributed by atoms with Crippen LogP contribution in [0.2, 0.25) is 58.9 Å². The summed E-state index contributed by atoms with van der Waals surface area (Å²) in [6.45, 7) is 20.8. The van der Waals surface area contributed by atoms with Gasteiger partial charge in [-0.1, -0.05) is 6.92 Å². The maximum Gasteiger partial charge on any atom is 0.503 e. The third-order valence-electron chi connectivity index (χ3n) is 2.11. The quantitative estimate of drug-likeness (QED) is 0.613. The Hall–Kier alpha value is 0.708. The van der Waals surface area contributed by atoms with Crippen LogP contribution in [-0.2, 0) is 17.5 Å². The highest BCUT2D eigenvalue weighted by Gasteiger charge is 2.56. The SMILES string of the molecule is CCC([O])[Si](O[Si](C)(C)C)(O[Si](C)(C)C)O[Si](C)(C)C. The molecule has 0 aromatic heterocycles. The second-order valence-corrected chi connectivity index (χ2v) is 25.1. The van der Waals surface area contributed by atoms with Crippen molar-refractivity contribution < 1.29 is 17.5 Å². The van der Waals surface area contributed by atoms with Crippen LogP contribution in [0.1, 0.15) is 13.3 Å². The standard InChI is InChI=1S/C12H33O4Si4/c1-11-12(13)20(14-17(2,3)4,15-18(5,6)7)16-19(8,9)10/h12H,11H2,1-10H3. The normalized spacial score (nSPS) is 16.4. The van der Waals surface area contributed by atoms with Crippen molar-refractivity contribution in [1.82, 2.24) is 0 Å². The third-order valence-corrected chi connectivity index (χ3v) is 14.1. The third kappa shape index (κ3) is 8.22. The molecule has 121 valence electrons. The van der Waals surface area contributed by atoms with Crippen LogP contribution in [0, 0.1) is 0 Å². The van der Waals surface area contributed by atoms with E-state index in [0.29, 0.717) is 6.42 Å². The lowest BCUT2D eigenvalue weighted by molar-refractivity contribution is 0.0742. The van der Waals surface area contributed by atoms with Crippen LogP contribution >= 0.6 is 0 Å². The van der Waals surface area contributed by atoms with Gasteiger partial charge in [-0.15, -0.1) is 0 Å². The predicted octanol–water partition coefficient (Wildman–Crippen LogP) is 4.23. The fourth-order valence-corrected chi connectivity index (χ4v) is 15.7. The largest absolute Gasteiger partial charge is 0.503 e. The zero-order chi connectivity index (χ0) is 16.4. The van der Waals surface area contributed by atoms with Crippen molar-refractivity contribution in [2.75, 3.05) is 0 Å². The monoisotopic (exact) mass is 353 g/mol. The lowest BCUT2D eigenvalue weighted by Gasteiger charge is -2.44. The molecule has 0 amide bonds.